The summed E-state index contributed by atoms with van der Waals surface area (Å²) >= 11 is 0. The van der Waals surface area contributed by atoms with E-state index in [2.05, 4.69) is 10.6 Å². The molecule has 4 amide bonds. The molecule has 0 unspecified atom stereocenters. The quantitative estimate of drug-likeness (QED) is 0.386. The summed E-state index contributed by atoms with van der Waals surface area (Å²) in [5.74, 6) is -1.10. The Morgan fingerprint density at radius 2 is 1.88 bits per heavy atom. The lowest BCUT2D eigenvalue weighted by molar-refractivity contribution is -0.149. The van der Waals surface area contributed by atoms with Crippen molar-refractivity contribution in [1.29, 1.82) is 0 Å². The number of nitrogens with zero attached hydrogens (tertiary/aromatic N) is 2. The average molecular weight is 617 g/mol. The summed E-state index contributed by atoms with van der Waals surface area (Å²) in [5.41, 5.74) is 0.586. The van der Waals surface area contributed by atoms with Gasteiger partial charge in [0.2, 0.25) is 5.91 Å². The van der Waals surface area contributed by atoms with Crippen LogP contribution < -0.4 is 15.4 Å². The second-order valence-electron chi connectivity index (χ2n) is 11.7. The van der Waals surface area contributed by atoms with Crippen LogP contribution in [0.4, 0.5) is 23.7 Å². The van der Waals surface area contributed by atoms with E-state index in [1.807, 2.05) is 27.7 Å². The van der Waals surface area contributed by atoms with Crippen LogP contribution >= 0.6 is 0 Å². The summed E-state index contributed by atoms with van der Waals surface area (Å²) in [6.07, 6.45) is -5.00. The normalized spacial score (nSPS) is 21.3. The van der Waals surface area contributed by atoms with Crippen LogP contribution in [0, 0.1) is 5.92 Å². The van der Waals surface area contributed by atoms with E-state index in [0.29, 0.717) is 30.9 Å². The van der Waals surface area contributed by atoms with Crippen LogP contribution in [0.1, 0.15) is 77.1 Å². The van der Waals surface area contributed by atoms with Crippen LogP contribution in [0.15, 0.2) is 18.2 Å². The fourth-order valence-corrected chi connectivity index (χ4v) is 4.70. The molecule has 1 aliphatic heterocycles. The van der Waals surface area contributed by atoms with Crippen molar-refractivity contribution in [1.82, 2.24) is 15.1 Å². The van der Waals surface area contributed by atoms with Crippen LogP contribution in [-0.4, -0.2) is 96.6 Å². The Hall–Kier alpha value is -3.06. The van der Waals surface area contributed by atoms with Gasteiger partial charge in [-0.05, 0) is 65.2 Å². The summed E-state index contributed by atoms with van der Waals surface area (Å²) in [6, 6.07) is 3.69. The Morgan fingerprint density at radius 3 is 2.51 bits per heavy atom. The lowest BCUT2D eigenvalue weighted by atomic mass is 10.0. The van der Waals surface area contributed by atoms with Crippen molar-refractivity contribution in [2.75, 3.05) is 38.7 Å². The van der Waals surface area contributed by atoms with Crippen molar-refractivity contribution < 1.29 is 42.1 Å². The number of amides is 4. The molecule has 0 spiro atoms. The lowest BCUT2D eigenvalue weighted by Gasteiger charge is -2.36. The molecule has 0 saturated heterocycles. The van der Waals surface area contributed by atoms with Gasteiger partial charge in [0.05, 0.1) is 36.8 Å². The molecule has 244 valence electrons. The number of hydrogen-bond donors (Lipinski definition) is 3. The zero-order valence-corrected chi connectivity index (χ0v) is 26.0. The first-order valence-corrected chi connectivity index (χ1v) is 14.8. The van der Waals surface area contributed by atoms with Gasteiger partial charge in [-0.3, -0.25) is 9.59 Å². The van der Waals surface area contributed by atoms with Crippen molar-refractivity contribution >= 4 is 23.5 Å². The molecule has 2 rings (SSSR count). The summed E-state index contributed by atoms with van der Waals surface area (Å²) in [5, 5.41) is 15.5. The first-order valence-electron chi connectivity index (χ1n) is 14.8. The molecule has 0 aromatic heterocycles. The van der Waals surface area contributed by atoms with Gasteiger partial charge in [0.1, 0.15) is 5.75 Å². The zero-order valence-electron chi connectivity index (χ0n) is 26.0. The zero-order chi connectivity index (χ0) is 32.3. The van der Waals surface area contributed by atoms with Gasteiger partial charge in [0, 0.05) is 50.8 Å². The van der Waals surface area contributed by atoms with Crippen molar-refractivity contribution in [3.05, 3.63) is 23.8 Å². The van der Waals surface area contributed by atoms with E-state index < -0.39 is 49.0 Å². The van der Waals surface area contributed by atoms with Crippen molar-refractivity contribution in [3.63, 3.8) is 0 Å². The molecule has 43 heavy (non-hydrogen) atoms. The first kappa shape index (κ1) is 36.1. The Bertz CT molecular complexity index is 1070. The van der Waals surface area contributed by atoms with E-state index in [1.54, 1.807) is 25.1 Å². The Labute approximate surface area is 252 Å². The Balaban J connectivity index is 2.40. The third-order valence-corrected chi connectivity index (χ3v) is 7.23. The van der Waals surface area contributed by atoms with Crippen LogP contribution in [0.25, 0.3) is 0 Å². The molecule has 1 aromatic carbocycles. The van der Waals surface area contributed by atoms with E-state index >= 15 is 0 Å². The third kappa shape index (κ3) is 12.2. The van der Waals surface area contributed by atoms with Crippen molar-refractivity contribution in [3.8, 4) is 5.75 Å². The molecule has 0 fully saturated rings. The number of rotatable bonds is 8. The number of fused-ring (bicyclic) bond motifs is 1. The second-order valence-corrected chi connectivity index (χ2v) is 11.7. The summed E-state index contributed by atoms with van der Waals surface area (Å²) in [6.45, 7) is 9.26. The highest BCUT2D eigenvalue weighted by atomic mass is 19.4. The van der Waals surface area contributed by atoms with Crippen LogP contribution in [0.5, 0.6) is 5.75 Å². The highest BCUT2D eigenvalue weighted by molar-refractivity contribution is 5.99. The number of likely N-dealkylation sites (N-methyl/N-ethyl adjacent to an activating group) is 1. The fourth-order valence-electron chi connectivity index (χ4n) is 4.70. The molecular formula is C30H47F3N4O6. The molecule has 1 heterocycles. The van der Waals surface area contributed by atoms with Crippen molar-refractivity contribution in [2.24, 2.45) is 5.92 Å². The maximum atomic E-state index is 14.1. The number of ether oxygens (including phenoxy) is 2. The molecule has 1 aromatic rings. The highest BCUT2D eigenvalue weighted by Crippen LogP contribution is 2.29. The van der Waals surface area contributed by atoms with Crippen LogP contribution in [0.3, 0.4) is 0 Å². The van der Waals surface area contributed by atoms with Crippen molar-refractivity contribution in [2.45, 2.75) is 97.2 Å². The maximum absolute atomic E-state index is 14.1. The van der Waals surface area contributed by atoms with Crippen LogP contribution in [0.2, 0.25) is 0 Å². The summed E-state index contributed by atoms with van der Waals surface area (Å²) < 4.78 is 50.4. The molecule has 1 aliphatic rings. The Morgan fingerprint density at radius 1 is 1.19 bits per heavy atom. The number of aliphatic hydroxyl groups excluding tert-OH is 1. The monoisotopic (exact) mass is 616 g/mol. The van der Waals surface area contributed by atoms with E-state index in [1.165, 1.54) is 16.8 Å². The predicted molar refractivity (Wildman–Crippen MR) is 157 cm³/mol. The molecule has 0 aliphatic carbocycles. The summed E-state index contributed by atoms with van der Waals surface area (Å²) in [4.78, 5) is 41.6. The minimum absolute atomic E-state index is 0.0442. The number of urea groups is 1. The minimum atomic E-state index is -4.43. The van der Waals surface area contributed by atoms with E-state index in [9.17, 15) is 32.7 Å². The van der Waals surface area contributed by atoms with Gasteiger partial charge in [-0.15, -0.1) is 0 Å². The number of benzene rings is 1. The largest absolute Gasteiger partial charge is 0.490 e. The van der Waals surface area contributed by atoms with E-state index in [4.69, 9.17) is 9.47 Å². The van der Waals surface area contributed by atoms with E-state index in [0.717, 1.165) is 6.42 Å². The lowest BCUT2D eigenvalue weighted by Crippen LogP contribution is -2.48. The predicted octanol–water partition coefficient (Wildman–Crippen LogP) is 4.81. The molecule has 13 heteroatoms. The first-order chi connectivity index (χ1) is 20.1. The number of alkyl halides is 3. The maximum Gasteiger partial charge on any atom is 0.389 e. The van der Waals surface area contributed by atoms with Gasteiger partial charge >= 0.3 is 12.2 Å². The topological polar surface area (TPSA) is 120 Å². The van der Waals surface area contributed by atoms with Gasteiger partial charge in [0.15, 0.2) is 0 Å². The van der Waals surface area contributed by atoms with Crippen LogP contribution in [-0.2, 0) is 9.53 Å². The third-order valence-electron chi connectivity index (χ3n) is 7.23. The second kappa shape index (κ2) is 16.7. The molecule has 4 atom stereocenters. The smallest absolute Gasteiger partial charge is 0.389 e. The van der Waals surface area contributed by atoms with Gasteiger partial charge in [-0.2, -0.15) is 13.2 Å². The minimum Gasteiger partial charge on any atom is -0.490 e. The van der Waals surface area contributed by atoms with Gasteiger partial charge in [-0.25, -0.2) is 4.79 Å². The number of anilines is 1. The summed E-state index contributed by atoms with van der Waals surface area (Å²) in [7, 11) is 1.44. The number of nitrogens with one attached hydrogen (secondary N) is 2. The molecule has 10 nitrogen and oxygen atoms in total. The SMILES string of the molecule is CC(C)NC(=O)Nc1ccc2c(c1)C(=O)N([C@H](C)CO)C[C@@H](C)[C@H](CN(C)C(=O)CCC(F)(F)F)OCCCC[C@@H](C)O2. The molecule has 0 radical (unpaired) electrons. The molecule has 0 saturated carbocycles. The number of hydrogen-bond acceptors (Lipinski definition) is 6. The standard InChI is InChI=1S/C30H47F3N4O6/c1-19(2)34-29(41)35-23-10-11-25-24(15-23)28(40)37(21(4)18-38)16-20(3)26(42-14-8-7-9-22(5)43-25)17-36(6)27(39)12-13-30(31,32)33/h10-11,15,19-22,26,38H,7-9,12-14,16-18H2,1-6H3,(H2,34,35,41)/t20-,21-,22-,26+/m1/s1. The van der Waals surface area contributed by atoms with Gasteiger partial charge in [0.25, 0.3) is 5.91 Å². The van der Waals surface area contributed by atoms with E-state index in [-0.39, 0.29) is 43.3 Å². The molecular weight excluding hydrogens is 569 g/mol. The number of carbonyl (C=O) groups excluding carboxylic acids is 3. The fraction of sp³-hybridized carbons (Fsp3) is 0.700. The highest BCUT2D eigenvalue weighted by Gasteiger charge is 2.32. The Kier molecular flexibility index (Phi) is 14.0. The molecule has 3 N–H and O–H groups in total. The van der Waals surface area contributed by atoms with Gasteiger partial charge < -0.3 is 35.0 Å². The molecule has 0 bridgehead atoms. The number of carbonyl (C=O) groups is 3. The average Bonchev–Trinajstić information content (AvgIpc) is 2.92. The number of halogens is 3. The number of aliphatic hydroxyl groups is 1. The van der Waals surface area contributed by atoms with Gasteiger partial charge in [-0.1, -0.05) is 6.92 Å².